The van der Waals surface area contributed by atoms with Crippen LogP contribution in [0.4, 0.5) is 15.8 Å². The fourth-order valence-electron chi connectivity index (χ4n) is 3.47. The van der Waals surface area contributed by atoms with Gasteiger partial charge in [0.2, 0.25) is 5.91 Å². The second kappa shape index (κ2) is 9.84. The van der Waals surface area contributed by atoms with E-state index in [0.29, 0.717) is 0 Å². The first-order valence-electron chi connectivity index (χ1n) is 9.94. The number of nitrogens with zero attached hydrogens (tertiary/aromatic N) is 1. The Morgan fingerprint density at radius 3 is 2.47 bits per heavy atom. The zero-order valence-corrected chi connectivity index (χ0v) is 17.3. The highest BCUT2D eigenvalue weighted by molar-refractivity contribution is 7.10. The van der Waals surface area contributed by atoms with E-state index in [4.69, 9.17) is 4.74 Å². The highest BCUT2D eigenvalue weighted by Crippen LogP contribution is 2.26. The number of carbonyl (C=O) groups excluding carboxylic acids is 1. The molecule has 1 amide bonds. The van der Waals surface area contributed by atoms with Gasteiger partial charge in [0.1, 0.15) is 5.82 Å². The van der Waals surface area contributed by atoms with E-state index >= 15 is 0 Å². The molecule has 4 rings (SSSR count). The molecule has 1 atom stereocenters. The molecule has 0 bridgehead atoms. The van der Waals surface area contributed by atoms with Gasteiger partial charge < -0.3 is 15.0 Å². The van der Waals surface area contributed by atoms with Gasteiger partial charge >= 0.3 is 0 Å². The fraction of sp³-hybridized carbons (Fsp3) is 0.261. The van der Waals surface area contributed by atoms with Crippen LogP contribution in [0.3, 0.4) is 0 Å². The molecule has 0 unspecified atom stereocenters. The summed E-state index contributed by atoms with van der Waals surface area (Å²) in [5.41, 5.74) is 2.80. The first-order valence-corrected chi connectivity index (χ1v) is 10.8. The molecule has 1 fully saturated rings. The summed E-state index contributed by atoms with van der Waals surface area (Å²) >= 11 is 1.60. The molecule has 7 heteroatoms. The van der Waals surface area contributed by atoms with E-state index in [-0.39, 0.29) is 24.3 Å². The molecule has 1 aliphatic rings. The molecule has 2 aromatic carbocycles. The molecule has 3 aromatic rings. The van der Waals surface area contributed by atoms with Gasteiger partial charge in [0, 0.05) is 29.3 Å². The maximum Gasteiger partial charge on any atom is 0.238 e. The maximum absolute atomic E-state index is 13.3. The number of amides is 1. The van der Waals surface area contributed by atoms with Crippen LogP contribution >= 0.6 is 11.3 Å². The Kier molecular flexibility index (Phi) is 6.74. The van der Waals surface area contributed by atoms with Crippen LogP contribution in [0.1, 0.15) is 16.5 Å². The van der Waals surface area contributed by atoms with Gasteiger partial charge in [0.15, 0.2) is 0 Å². The van der Waals surface area contributed by atoms with Gasteiger partial charge in [-0.2, -0.15) is 0 Å². The third kappa shape index (κ3) is 5.24. The van der Waals surface area contributed by atoms with Crippen LogP contribution in [0.5, 0.6) is 0 Å². The van der Waals surface area contributed by atoms with Gasteiger partial charge in [-0.25, -0.2) is 4.39 Å². The third-order valence-electron chi connectivity index (χ3n) is 5.03. The minimum Gasteiger partial charge on any atom is -0.378 e. The molecule has 0 spiro atoms. The van der Waals surface area contributed by atoms with Gasteiger partial charge in [0.25, 0.3) is 0 Å². The van der Waals surface area contributed by atoms with E-state index in [0.717, 1.165) is 48.1 Å². The molecular weight excluding hydrogens is 401 g/mol. The fourth-order valence-corrected chi connectivity index (χ4v) is 4.30. The summed E-state index contributed by atoms with van der Waals surface area (Å²) in [6.07, 6.45) is 0. The van der Waals surface area contributed by atoms with Crippen molar-refractivity contribution in [2.45, 2.75) is 6.04 Å². The quantitative estimate of drug-likeness (QED) is 0.600. The average molecular weight is 426 g/mol. The number of benzene rings is 2. The summed E-state index contributed by atoms with van der Waals surface area (Å²) in [6, 6.07) is 18.0. The molecular formula is C23H24FN3O2S. The van der Waals surface area contributed by atoms with E-state index in [1.807, 2.05) is 41.8 Å². The van der Waals surface area contributed by atoms with Gasteiger partial charge in [0.05, 0.1) is 25.8 Å². The Balaban J connectivity index is 1.36. The lowest BCUT2D eigenvalue weighted by Crippen LogP contribution is -2.36. The SMILES string of the molecule is O=C(CN[C@@H](c1ccc(F)cc1)c1cccs1)Nc1ccc(N2CCOCC2)cc1. The van der Waals surface area contributed by atoms with Crippen LogP contribution in [-0.2, 0) is 9.53 Å². The summed E-state index contributed by atoms with van der Waals surface area (Å²) in [5, 5.41) is 8.22. The van der Waals surface area contributed by atoms with Gasteiger partial charge in [-0.3, -0.25) is 10.1 Å². The molecule has 0 radical (unpaired) electrons. The van der Waals surface area contributed by atoms with Gasteiger partial charge in [-0.15, -0.1) is 11.3 Å². The molecule has 2 heterocycles. The van der Waals surface area contributed by atoms with E-state index < -0.39 is 0 Å². The topological polar surface area (TPSA) is 53.6 Å². The Bertz CT molecular complexity index is 940. The number of morpholine rings is 1. The number of ether oxygens (including phenoxy) is 1. The van der Waals surface area contributed by atoms with Crippen molar-refractivity contribution < 1.29 is 13.9 Å². The summed E-state index contributed by atoms with van der Waals surface area (Å²) in [5.74, 6) is -0.403. The molecule has 1 aliphatic heterocycles. The number of carbonyl (C=O) groups is 1. The van der Waals surface area contributed by atoms with Crippen LogP contribution in [0.25, 0.3) is 0 Å². The van der Waals surface area contributed by atoms with Crippen LogP contribution in [0.15, 0.2) is 66.0 Å². The second-order valence-corrected chi connectivity index (χ2v) is 8.05. The van der Waals surface area contributed by atoms with Crippen molar-refractivity contribution in [1.82, 2.24) is 5.32 Å². The Morgan fingerprint density at radius 1 is 1.07 bits per heavy atom. The van der Waals surface area contributed by atoms with Crippen molar-refractivity contribution in [3.8, 4) is 0 Å². The maximum atomic E-state index is 13.3. The normalized spacial score (nSPS) is 15.0. The Hall–Kier alpha value is -2.74. The third-order valence-corrected chi connectivity index (χ3v) is 5.96. The Labute approximate surface area is 179 Å². The summed E-state index contributed by atoms with van der Waals surface area (Å²) in [6.45, 7) is 3.38. The standard InChI is InChI=1S/C23H24FN3O2S/c24-18-5-3-17(4-6-18)23(21-2-1-15-30-21)25-16-22(28)26-19-7-9-20(10-8-19)27-11-13-29-14-12-27/h1-10,15,23,25H,11-14,16H2,(H,26,28)/t23-/m0/s1. The number of nitrogens with one attached hydrogen (secondary N) is 2. The Morgan fingerprint density at radius 2 is 1.80 bits per heavy atom. The van der Waals surface area contributed by atoms with Crippen molar-refractivity contribution in [3.63, 3.8) is 0 Å². The highest BCUT2D eigenvalue weighted by atomic mass is 32.1. The largest absolute Gasteiger partial charge is 0.378 e. The van der Waals surface area contributed by atoms with Crippen LogP contribution < -0.4 is 15.5 Å². The second-order valence-electron chi connectivity index (χ2n) is 7.08. The van der Waals surface area contributed by atoms with Gasteiger partial charge in [-0.05, 0) is 53.4 Å². The van der Waals surface area contributed by atoms with E-state index in [2.05, 4.69) is 15.5 Å². The number of rotatable bonds is 7. The minimum atomic E-state index is -0.276. The number of halogens is 1. The van der Waals surface area contributed by atoms with Crippen LogP contribution in [-0.4, -0.2) is 38.8 Å². The molecule has 30 heavy (non-hydrogen) atoms. The molecule has 0 saturated carbocycles. The summed E-state index contributed by atoms with van der Waals surface area (Å²) in [4.78, 5) is 15.8. The lowest BCUT2D eigenvalue weighted by atomic mass is 10.1. The molecule has 2 N–H and O–H groups in total. The van der Waals surface area contributed by atoms with Gasteiger partial charge in [-0.1, -0.05) is 18.2 Å². The number of anilines is 2. The number of hydrogen-bond donors (Lipinski definition) is 2. The van der Waals surface area contributed by atoms with Crippen molar-refractivity contribution in [2.75, 3.05) is 43.1 Å². The summed E-state index contributed by atoms with van der Waals surface area (Å²) < 4.78 is 18.7. The zero-order valence-electron chi connectivity index (χ0n) is 16.5. The molecule has 1 aromatic heterocycles. The zero-order chi connectivity index (χ0) is 20.8. The lowest BCUT2D eigenvalue weighted by molar-refractivity contribution is -0.115. The predicted molar refractivity (Wildman–Crippen MR) is 119 cm³/mol. The smallest absolute Gasteiger partial charge is 0.238 e. The van der Waals surface area contributed by atoms with E-state index in [9.17, 15) is 9.18 Å². The predicted octanol–water partition coefficient (Wildman–Crippen LogP) is 4.04. The highest BCUT2D eigenvalue weighted by Gasteiger charge is 2.17. The monoisotopic (exact) mass is 425 g/mol. The van der Waals surface area contributed by atoms with Crippen molar-refractivity contribution in [2.24, 2.45) is 0 Å². The molecule has 0 aliphatic carbocycles. The van der Waals surface area contributed by atoms with E-state index in [1.165, 1.54) is 12.1 Å². The number of hydrogen-bond acceptors (Lipinski definition) is 5. The van der Waals surface area contributed by atoms with E-state index in [1.54, 1.807) is 23.5 Å². The summed E-state index contributed by atoms with van der Waals surface area (Å²) in [7, 11) is 0. The molecule has 156 valence electrons. The minimum absolute atomic E-state index is 0.127. The first kappa shape index (κ1) is 20.5. The van der Waals surface area contributed by atoms with Crippen LogP contribution in [0, 0.1) is 5.82 Å². The van der Waals surface area contributed by atoms with Crippen molar-refractivity contribution in [1.29, 1.82) is 0 Å². The lowest BCUT2D eigenvalue weighted by Gasteiger charge is -2.28. The van der Waals surface area contributed by atoms with Crippen molar-refractivity contribution in [3.05, 3.63) is 82.3 Å². The molecule has 1 saturated heterocycles. The molecule has 5 nitrogen and oxygen atoms in total. The van der Waals surface area contributed by atoms with Crippen molar-refractivity contribution >= 4 is 28.6 Å². The van der Waals surface area contributed by atoms with Crippen LogP contribution in [0.2, 0.25) is 0 Å². The first-order chi connectivity index (χ1) is 14.7. The number of thiophene rings is 1. The average Bonchev–Trinajstić information content (AvgIpc) is 3.31.